The molecule has 0 saturated carbocycles. The molecule has 3 nitrogen and oxygen atoms in total. The third-order valence-electron chi connectivity index (χ3n) is 3.48. The predicted molar refractivity (Wildman–Crippen MR) is 70.2 cm³/mol. The first-order valence-electron chi connectivity index (χ1n) is 6.69. The number of nitrogens with zero attached hydrogens (tertiary/aromatic N) is 1. The van der Waals surface area contributed by atoms with Gasteiger partial charge in [0, 0.05) is 6.54 Å². The summed E-state index contributed by atoms with van der Waals surface area (Å²) in [6.07, 6.45) is -3.74. The maximum atomic E-state index is 13.4. The summed E-state index contributed by atoms with van der Waals surface area (Å²) in [6, 6.07) is 5.67. The van der Waals surface area contributed by atoms with Gasteiger partial charge in [-0.3, -0.25) is 9.69 Å². The second-order valence-corrected chi connectivity index (χ2v) is 5.14. The maximum absolute atomic E-state index is 13.4. The number of carbonyl (C=O) groups excluding carboxylic acids is 1. The molecule has 1 aliphatic rings. The van der Waals surface area contributed by atoms with E-state index in [-0.39, 0.29) is 25.2 Å². The van der Waals surface area contributed by atoms with Gasteiger partial charge in [-0.1, -0.05) is 12.1 Å². The van der Waals surface area contributed by atoms with Crippen molar-refractivity contribution in [2.45, 2.75) is 19.0 Å². The van der Waals surface area contributed by atoms with E-state index in [4.69, 9.17) is 0 Å². The minimum absolute atomic E-state index is 0.0341. The van der Waals surface area contributed by atoms with Crippen molar-refractivity contribution in [1.29, 1.82) is 0 Å². The van der Waals surface area contributed by atoms with Gasteiger partial charge in [0.05, 0.1) is 18.2 Å². The molecule has 0 bridgehead atoms. The van der Waals surface area contributed by atoms with Crippen LogP contribution in [0.4, 0.5) is 23.2 Å². The molecule has 116 valence electrons. The van der Waals surface area contributed by atoms with Crippen LogP contribution in [0.1, 0.15) is 12.8 Å². The van der Waals surface area contributed by atoms with Crippen LogP contribution >= 0.6 is 0 Å². The third-order valence-corrected chi connectivity index (χ3v) is 3.48. The molecule has 0 radical (unpaired) electrons. The molecule has 1 aromatic rings. The number of alkyl halides is 3. The smallest absolute Gasteiger partial charge is 0.322 e. The van der Waals surface area contributed by atoms with Crippen molar-refractivity contribution in [3.05, 3.63) is 30.1 Å². The normalized spacial score (nSPS) is 20.3. The van der Waals surface area contributed by atoms with Crippen LogP contribution in [0.25, 0.3) is 0 Å². The molecule has 0 aromatic heterocycles. The topological polar surface area (TPSA) is 32.3 Å². The van der Waals surface area contributed by atoms with Crippen LogP contribution < -0.4 is 5.32 Å². The third kappa shape index (κ3) is 4.42. The van der Waals surface area contributed by atoms with Gasteiger partial charge in [-0.2, -0.15) is 13.2 Å². The summed E-state index contributed by atoms with van der Waals surface area (Å²) in [6.45, 7) is 0.0897. The molecule has 0 spiro atoms. The van der Waals surface area contributed by atoms with E-state index in [1.54, 1.807) is 6.07 Å². The molecule has 0 aliphatic carbocycles. The highest BCUT2D eigenvalue weighted by Crippen LogP contribution is 2.32. The quantitative estimate of drug-likeness (QED) is 0.871. The van der Waals surface area contributed by atoms with Crippen molar-refractivity contribution in [2.75, 3.05) is 25.0 Å². The molecule has 1 aromatic carbocycles. The average molecular weight is 304 g/mol. The lowest BCUT2D eigenvalue weighted by Crippen LogP contribution is -2.44. The first-order valence-corrected chi connectivity index (χ1v) is 6.69. The van der Waals surface area contributed by atoms with Gasteiger partial charge in [0.2, 0.25) is 5.91 Å². The number of amides is 1. The van der Waals surface area contributed by atoms with Crippen molar-refractivity contribution in [3.8, 4) is 0 Å². The Kier molecular flexibility index (Phi) is 4.82. The molecule has 1 aliphatic heterocycles. The molecule has 1 heterocycles. The van der Waals surface area contributed by atoms with Crippen molar-refractivity contribution >= 4 is 11.6 Å². The van der Waals surface area contributed by atoms with Gasteiger partial charge < -0.3 is 5.32 Å². The number of hydrogen-bond donors (Lipinski definition) is 1. The Hall–Kier alpha value is -1.63. The highest BCUT2D eigenvalue weighted by molar-refractivity contribution is 5.92. The standard InChI is InChI=1S/C14H16F4N2O/c15-11-5-1-2-6-12(11)19-13(21)9-20-7-3-4-10(8-20)14(16,17)18/h1-2,5-6,10H,3-4,7-9H2,(H,19,21). The number of rotatable bonds is 3. The van der Waals surface area contributed by atoms with Crippen molar-refractivity contribution in [3.63, 3.8) is 0 Å². The molecule has 1 saturated heterocycles. The summed E-state index contributed by atoms with van der Waals surface area (Å²) in [5.74, 6) is -2.48. The minimum atomic E-state index is -4.24. The molecule has 1 N–H and O–H groups in total. The largest absolute Gasteiger partial charge is 0.393 e. The molecule has 7 heteroatoms. The zero-order valence-corrected chi connectivity index (χ0v) is 11.3. The highest BCUT2D eigenvalue weighted by atomic mass is 19.4. The van der Waals surface area contributed by atoms with E-state index in [0.717, 1.165) is 0 Å². The van der Waals surface area contributed by atoms with Gasteiger partial charge in [0.1, 0.15) is 5.82 Å². The van der Waals surface area contributed by atoms with Crippen molar-refractivity contribution < 1.29 is 22.4 Å². The SMILES string of the molecule is O=C(CN1CCCC(C(F)(F)F)C1)Nc1ccccc1F. The van der Waals surface area contributed by atoms with Crippen molar-refractivity contribution in [2.24, 2.45) is 5.92 Å². The molecule has 21 heavy (non-hydrogen) atoms. The minimum Gasteiger partial charge on any atom is -0.322 e. The Morgan fingerprint density at radius 2 is 2.05 bits per heavy atom. The summed E-state index contributed by atoms with van der Waals surface area (Å²) in [4.78, 5) is 13.2. The zero-order valence-electron chi connectivity index (χ0n) is 11.3. The molecule has 1 amide bonds. The van der Waals surface area contributed by atoms with E-state index in [9.17, 15) is 22.4 Å². The van der Waals surface area contributed by atoms with Gasteiger partial charge in [-0.05, 0) is 31.5 Å². The van der Waals surface area contributed by atoms with Crippen LogP contribution in [0.3, 0.4) is 0 Å². The average Bonchev–Trinajstić information content (AvgIpc) is 2.41. The van der Waals surface area contributed by atoms with Gasteiger partial charge in [0.15, 0.2) is 0 Å². The van der Waals surface area contributed by atoms with E-state index >= 15 is 0 Å². The zero-order chi connectivity index (χ0) is 15.5. The summed E-state index contributed by atoms with van der Waals surface area (Å²) in [5.41, 5.74) is 0.0341. The lowest BCUT2D eigenvalue weighted by atomic mass is 9.97. The monoisotopic (exact) mass is 304 g/mol. The van der Waals surface area contributed by atoms with Gasteiger partial charge in [-0.25, -0.2) is 4.39 Å². The summed E-state index contributed by atoms with van der Waals surface area (Å²) >= 11 is 0. The maximum Gasteiger partial charge on any atom is 0.393 e. The van der Waals surface area contributed by atoms with Crippen LogP contribution in [0, 0.1) is 11.7 Å². The second kappa shape index (κ2) is 6.43. The van der Waals surface area contributed by atoms with Crippen molar-refractivity contribution in [1.82, 2.24) is 4.90 Å². The van der Waals surface area contributed by atoms with E-state index in [0.29, 0.717) is 13.0 Å². The van der Waals surface area contributed by atoms with Gasteiger partial charge >= 0.3 is 6.18 Å². The fourth-order valence-electron chi connectivity index (χ4n) is 2.42. The lowest BCUT2D eigenvalue weighted by molar-refractivity contribution is -0.186. The Morgan fingerprint density at radius 3 is 2.71 bits per heavy atom. The Balaban J connectivity index is 1.89. The second-order valence-electron chi connectivity index (χ2n) is 5.14. The van der Waals surface area contributed by atoms with Crippen LogP contribution in [0.5, 0.6) is 0 Å². The summed E-state index contributed by atoms with van der Waals surface area (Å²) < 4.78 is 51.4. The first-order chi connectivity index (χ1) is 9.86. The highest BCUT2D eigenvalue weighted by Gasteiger charge is 2.41. The van der Waals surface area contributed by atoms with E-state index in [2.05, 4.69) is 5.32 Å². The van der Waals surface area contributed by atoms with E-state index < -0.39 is 23.8 Å². The Morgan fingerprint density at radius 1 is 1.33 bits per heavy atom. The first kappa shape index (κ1) is 15.8. The molecule has 1 unspecified atom stereocenters. The van der Waals surface area contributed by atoms with Crippen LogP contribution in [-0.4, -0.2) is 36.6 Å². The van der Waals surface area contributed by atoms with Crippen LogP contribution in [-0.2, 0) is 4.79 Å². The van der Waals surface area contributed by atoms with Gasteiger partial charge in [0.25, 0.3) is 0 Å². The fraction of sp³-hybridized carbons (Fsp3) is 0.500. The molecule has 1 fully saturated rings. The van der Waals surface area contributed by atoms with E-state index in [1.807, 2.05) is 0 Å². The lowest BCUT2D eigenvalue weighted by Gasteiger charge is -2.33. The van der Waals surface area contributed by atoms with Crippen LogP contribution in [0.2, 0.25) is 0 Å². The molecule has 1 atom stereocenters. The number of hydrogen-bond acceptors (Lipinski definition) is 2. The van der Waals surface area contributed by atoms with Gasteiger partial charge in [-0.15, -0.1) is 0 Å². The Bertz CT molecular complexity index is 504. The van der Waals surface area contributed by atoms with Crippen LogP contribution in [0.15, 0.2) is 24.3 Å². The predicted octanol–water partition coefficient (Wildman–Crippen LogP) is 3.04. The number of piperidine rings is 1. The van der Waals surface area contributed by atoms with E-state index in [1.165, 1.54) is 23.1 Å². The molecule has 2 rings (SSSR count). The fourth-order valence-corrected chi connectivity index (χ4v) is 2.42. The molecular weight excluding hydrogens is 288 g/mol. The molecular formula is C14H16F4N2O. The number of nitrogens with one attached hydrogen (secondary N) is 1. The number of likely N-dealkylation sites (tertiary alicyclic amines) is 1. The number of benzene rings is 1. The number of carbonyl (C=O) groups is 1. The summed E-state index contributed by atoms with van der Waals surface area (Å²) in [5, 5.41) is 2.37. The summed E-state index contributed by atoms with van der Waals surface area (Å²) in [7, 11) is 0. The number of anilines is 1. The number of para-hydroxylation sites is 1. The Labute approximate surface area is 119 Å². The number of halogens is 4.